The van der Waals surface area contributed by atoms with E-state index in [4.69, 9.17) is 16.9 Å². The lowest BCUT2D eigenvalue weighted by atomic mass is 9.97. The number of aromatic nitrogens is 1. The Labute approximate surface area is 125 Å². The van der Waals surface area contributed by atoms with Gasteiger partial charge < -0.3 is 10.1 Å². The molecule has 102 valence electrons. The van der Waals surface area contributed by atoms with Gasteiger partial charge in [-0.15, -0.1) is 0 Å². The van der Waals surface area contributed by atoms with Crippen LogP contribution in [-0.2, 0) is 0 Å². The number of rotatable bonds is 2. The Hall–Kier alpha value is -2.77. The summed E-state index contributed by atoms with van der Waals surface area (Å²) in [5.41, 5.74) is 2.79. The van der Waals surface area contributed by atoms with Gasteiger partial charge in [0.25, 0.3) is 0 Å². The Bertz CT molecular complexity index is 906. The maximum Gasteiger partial charge on any atom is 0.335 e. The van der Waals surface area contributed by atoms with E-state index in [0.29, 0.717) is 10.6 Å². The zero-order valence-electron chi connectivity index (χ0n) is 10.7. The SMILES string of the molecule is N#Cc1cc(-c2cc(C(=O)O)cc3[nH]ccc23)ccc1Cl. The van der Waals surface area contributed by atoms with Gasteiger partial charge in [0.05, 0.1) is 16.1 Å². The Kier molecular flexibility index (Phi) is 3.13. The molecule has 0 amide bonds. The number of nitrogens with one attached hydrogen (secondary N) is 1. The Morgan fingerprint density at radius 2 is 2.05 bits per heavy atom. The van der Waals surface area contributed by atoms with Crippen LogP contribution in [0.25, 0.3) is 22.0 Å². The summed E-state index contributed by atoms with van der Waals surface area (Å²) in [6.45, 7) is 0. The number of halogens is 1. The molecule has 0 aliphatic rings. The number of nitriles is 1. The summed E-state index contributed by atoms with van der Waals surface area (Å²) in [5, 5.41) is 19.6. The van der Waals surface area contributed by atoms with Crippen LogP contribution in [0.2, 0.25) is 5.02 Å². The number of aromatic amines is 1. The van der Waals surface area contributed by atoms with Gasteiger partial charge in [0, 0.05) is 17.1 Å². The number of hydrogen-bond acceptors (Lipinski definition) is 2. The molecule has 2 N–H and O–H groups in total. The quantitative estimate of drug-likeness (QED) is 0.748. The van der Waals surface area contributed by atoms with Crippen molar-refractivity contribution >= 4 is 28.5 Å². The second-order valence-electron chi connectivity index (χ2n) is 4.57. The molecular weight excluding hydrogens is 288 g/mol. The first-order valence-corrected chi connectivity index (χ1v) is 6.52. The number of aromatic carboxylic acids is 1. The van der Waals surface area contributed by atoms with Crippen LogP contribution in [0.3, 0.4) is 0 Å². The van der Waals surface area contributed by atoms with E-state index in [1.54, 1.807) is 36.5 Å². The predicted octanol–water partition coefficient (Wildman–Crippen LogP) is 4.06. The molecule has 0 aliphatic carbocycles. The van der Waals surface area contributed by atoms with E-state index in [1.165, 1.54) is 0 Å². The fourth-order valence-electron chi connectivity index (χ4n) is 2.31. The number of hydrogen-bond donors (Lipinski definition) is 2. The molecule has 5 heteroatoms. The molecule has 0 unspecified atom stereocenters. The molecule has 0 aliphatic heterocycles. The molecule has 0 atom stereocenters. The van der Waals surface area contributed by atoms with Gasteiger partial charge in [-0.1, -0.05) is 17.7 Å². The van der Waals surface area contributed by atoms with Crippen molar-refractivity contribution in [3.8, 4) is 17.2 Å². The molecule has 4 nitrogen and oxygen atoms in total. The van der Waals surface area contributed by atoms with Gasteiger partial charge in [0.15, 0.2) is 0 Å². The topological polar surface area (TPSA) is 76.9 Å². The number of carboxylic acids is 1. The van der Waals surface area contributed by atoms with E-state index in [1.807, 2.05) is 12.1 Å². The standard InChI is InChI=1S/C16H9ClN2O2/c17-14-2-1-9(5-11(14)8-18)13-6-10(16(20)21)7-15-12(13)3-4-19-15/h1-7,19H,(H,20,21). The minimum Gasteiger partial charge on any atom is -0.478 e. The van der Waals surface area contributed by atoms with E-state index in [2.05, 4.69) is 4.98 Å². The summed E-state index contributed by atoms with van der Waals surface area (Å²) in [4.78, 5) is 14.3. The highest BCUT2D eigenvalue weighted by atomic mass is 35.5. The molecule has 0 bridgehead atoms. The minimum atomic E-state index is -0.998. The summed E-state index contributed by atoms with van der Waals surface area (Å²) in [6, 6.07) is 12.2. The lowest BCUT2D eigenvalue weighted by Gasteiger charge is -2.07. The molecule has 2 aromatic carbocycles. The molecule has 0 spiro atoms. The van der Waals surface area contributed by atoms with Crippen LogP contribution in [0, 0.1) is 11.3 Å². The van der Waals surface area contributed by atoms with Gasteiger partial charge >= 0.3 is 5.97 Å². The van der Waals surface area contributed by atoms with Crippen molar-refractivity contribution in [1.82, 2.24) is 4.98 Å². The summed E-state index contributed by atoms with van der Waals surface area (Å²) in [6.07, 6.45) is 1.75. The van der Waals surface area contributed by atoms with Crippen molar-refractivity contribution in [3.63, 3.8) is 0 Å². The normalized spacial score (nSPS) is 10.5. The largest absolute Gasteiger partial charge is 0.478 e. The fourth-order valence-corrected chi connectivity index (χ4v) is 2.47. The molecule has 0 saturated heterocycles. The molecule has 3 aromatic rings. The van der Waals surface area contributed by atoms with E-state index in [-0.39, 0.29) is 5.56 Å². The number of fused-ring (bicyclic) bond motifs is 1. The zero-order valence-corrected chi connectivity index (χ0v) is 11.5. The van der Waals surface area contributed by atoms with Crippen molar-refractivity contribution < 1.29 is 9.90 Å². The van der Waals surface area contributed by atoms with Crippen LogP contribution in [0.4, 0.5) is 0 Å². The average molecular weight is 297 g/mol. The molecule has 1 aromatic heterocycles. The molecule has 21 heavy (non-hydrogen) atoms. The maximum atomic E-state index is 11.2. The maximum absolute atomic E-state index is 11.2. The third-order valence-electron chi connectivity index (χ3n) is 3.31. The summed E-state index contributed by atoms with van der Waals surface area (Å²) in [5.74, 6) is -0.998. The first-order valence-electron chi connectivity index (χ1n) is 6.14. The molecule has 0 fully saturated rings. The van der Waals surface area contributed by atoms with E-state index in [0.717, 1.165) is 22.0 Å². The smallest absolute Gasteiger partial charge is 0.335 e. The van der Waals surface area contributed by atoms with E-state index < -0.39 is 5.97 Å². The number of benzene rings is 2. The van der Waals surface area contributed by atoms with Crippen molar-refractivity contribution in [1.29, 1.82) is 5.26 Å². The number of H-pyrrole nitrogens is 1. The van der Waals surface area contributed by atoms with Gasteiger partial charge in [-0.2, -0.15) is 5.26 Å². The first kappa shape index (κ1) is 13.2. The fraction of sp³-hybridized carbons (Fsp3) is 0. The van der Waals surface area contributed by atoms with Crippen molar-refractivity contribution in [2.75, 3.05) is 0 Å². The summed E-state index contributed by atoms with van der Waals surface area (Å²) in [7, 11) is 0. The van der Waals surface area contributed by atoms with Gasteiger partial charge in [-0.3, -0.25) is 0 Å². The molecule has 0 radical (unpaired) electrons. The second-order valence-corrected chi connectivity index (χ2v) is 4.98. The van der Waals surface area contributed by atoms with Crippen LogP contribution in [0.1, 0.15) is 15.9 Å². The highest BCUT2D eigenvalue weighted by molar-refractivity contribution is 6.31. The average Bonchev–Trinajstić information content (AvgIpc) is 2.95. The Morgan fingerprint density at radius 3 is 2.76 bits per heavy atom. The molecule has 3 rings (SSSR count). The van der Waals surface area contributed by atoms with E-state index >= 15 is 0 Å². The molecular formula is C16H9ClN2O2. The van der Waals surface area contributed by atoms with Crippen LogP contribution in [0.5, 0.6) is 0 Å². The third kappa shape index (κ3) is 2.24. The lowest BCUT2D eigenvalue weighted by Crippen LogP contribution is -1.97. The van der Waals surface area contributed by atoms with Crippen molar-refractivity contribution in [3.05, 3.63) is 58.7 Å². The highest BCUT2D eigenvalue weighted by Crippen LogP contribution is 2.32. The summed E-state index contributed by atoms with van der Waals surface area (Å²) < 4.78 is 0. The van der Waals surface area contributed by atoms with Crippen LogP contribution in [0.15, 0.2) is 42.6 Å². The van der Waals surface area contributed by atoms with Crippen LogP contribution < -0.4 is 0 Å². The van der Waals surface area contributed by atoms with Crippen LogP contribution >= 0.6 is 11.6 Å². The Balaban J connectivity index is 2.31. The first-order chi connectivity index (χ1) is 10.1. The number of nitrogens with zero attached hydrogens (tertiary/aromatic N) is 1. The molecule has 0 saturated carbocycles. The van der Waals surface area contributed by atoms with Gasteiger partial charge in [-0.25, -0.2) is 4.79 Å². The highest BCUT2D eigenvalue weighted by Gasteiger charge is 2.12. The predicted molar refractivity (Wildman–Crippen MR) is 80.4 cm³/mol. The molecule has 1 heterocycles. The van der Waals surface area contributed by atoms with E-state index in [9.17, 15) is 9.90 Å². The summed E-state index contributed by atoms with van der Waals surface area (Å²) >= 11 is 5.94. The minimum absolute atomic E-state index is 0.188. The Morgan fingerprint density at radius 1 is 1.24 bits per heavy atom. The number of carbonyl (C=O) groups is 1. The lowest BCUT2D eigenvalue weighted by molar-refractivity contribution is 0.0697. The number of carboxylic acid groups (broad SMARTS) is 1. The van der Waals surface area contributed by atoms with Gasteiger partial charge in [-0.05, 0) is 41.5 Å². The van der Waals surface area contributed by atoms with Crippen LogP contribution in [-0.4, -0.2) is 16.1 Å². The van der Waals surface area contributed by atoms with Crippen molar-refractivity contribution in [2.24, 2.45) is 0 Å². The second kappa shape index (κ2) is 4.97. The van der Waals surface area contributed by atoms with Crippen molar-refractivity contribution in [2.45, 2.75) is 0 Å². The van der Waals surface area contributed by atoms with Gasteiger partial charge in [0.1, 0.15) is 6.07 Å². The third-order valence-corrected chi connectivity index (χ3v) is 3.64. The van der Waals surface area contributed by atoms with Gasteiger partial charge in [0.2, 0.25) is 0 Å². The zero-order chi connectivity index (χ0) is 15.0. The monoisotopic (exact) mass is 296 g/mol.